The van der Waals surface area contributed by atoms with E-state index in [2.05, 4.69) is 10.6 Å². The van der Waals surface area contributed by atoms with Crippen LogP contribution in [0.2, 0.25) is 0 Å². The van der Waals surface area contributed by atoms with Crippen molar-refractivity contribution >= 4 is 27.5 Å². The summed E-state index contributed by atoms with van der Waals surface area (Å²) in [4.78, 5) is 24.8. The summed E-state index contributed by atoms with van der Waals surface area (Å²) >= 11 is 0. The Bertz CT molecular complexity index is 1040. The molecule has 0 radical (unpaired) electrons. The summed E-state index contributed by atoms with van der Waals surface area (Å²) in [7, 11) is -3.57. The average Bonchev–Trinajstić information content (AvgIpc) is 2.75. The van der Waals surface area contributed by atoms with Crippen LogP contribution in [0.5, 0.6) is 0 Å². The van der Waals surface area contributed by atoms with Gasteiger partial charge in [0.2, 0.25) is 15.9 Å². The van der Waals surface area contributed by atoms with Crippen LogP contribution in [0.1, 0.15) is 41.3 Å². The number of nitrogens with zero attached hydrogens (tertiary/aromatic N) is 1. The molecule has 1 heterocycles. The van der Waals surface area contributed by atoms with Gasteiger partial charge in [-0.1, -0.05) is 25.1 Å². The standard InChI is InChI=1S/C23H29N3O4S/c1-16-6-5-13-26(15-16)31(29,30)20-11-9-19(10-12-20)23(28)24-14-21(27)25-22-17(2)7-4-8-18(22)3/h4,7-12,16H,5-6,13-15H2,1-3H3,(H,24,28)(H,25,27). The first-order chi connectivity index (χ1) is 14.7. The highest BCUT2D eigenvalue weighted by Gasteiger charge is 2.28. The number of benzene rings is 2. The second kappa shape index (κ2) is 9.62. The molecule has 2 aromatic carbocycles. The molecule has 1 unspecified atom stereocenters. The van der Waals surface area contributed by atoms with Gasteiger partial charge in [0.25, 0.3) is 5.91 Å². The largest absolute Gasteiger partial charge is 0.343 e. The molecule has 8 heteroatoms. The lowest BCUT2D eigenvalue weighted by Gasteiger charge is -2.30. The number of anilines is 1. The van der Waals surface area contributed by atoms with Gasteiger partial charge in [-0.2, -0.15) is 4.31 Å². The number of hydrogen-bond donors (Lipinski definition) is 2. The Morgan fingerprint density at radius 2 is 1.71 bits per heavy atom. The Labute approximate surface area is 183 Å². The Hall–Kier alpha value is -2.71. The van der Waals surface area contributed by atoms with Crippen molar-refractivity contribution in [3.05, 3.63) is 59.2 Å². The zero-order valence-corrected chi connectivity index (χ0v) is 19.0. The molecule has 0 saturated carbocycles. The summed E-state index contributed by atoms with van der Waals surface area (Å²) in [5, 5.41) is 5.39. The van der Waals surface area contributed by atoms with Crippen LogP contribution in [0.3, 0.4) is 0 Å². The highest BCUT2D eigenvalue weighted by atomic mass is 32.2. The van der Waals surface area contributed by atoms with Gasteiger partial charge in [0.1, 0.15) is 0 Å². The predicted molar refractivity (Wildman–Crippen MR) is 120 cm³/mol. The molecule has 166 valence electrons. The average molecular weight is 444 g/mol. The third-order valence-electron chi connectivity index (χ3n) is 5.53. The first-order valence-electron chi connectivity index (χ1n) is 10.4. The Morgan fingerprint density at radius 3 is 2.32 bits per heavy atom. The smallest absolute Gasteiger partial charge is 0.251 e. The van der Waals surface area contributed by atoms with Gasteiger partial charge < -0.3 is 10.6 Å². The first kappa shape index (κ1) is 23.0. The molecule has 3 rings (SSSR count). The van der Waals surface area contributed by atoms with Crippen LogP contribution in [0.4, 0.5) is 5.69 Å². The van der Waals surface area contributed by atoms with Gasteiger partial charge in [0.15, 0.2) is 0 Å². The number of para-hydroxylation sites is 1. The van der Waals surface area contributed by atoms with Crippen molar-refractivity contribution in [1.29, 1.82) is 0 Å². The molecule has 1 aliphatic rings. The van der Waals surface area contributed by atoms with Crippen LogP contribution in [-0.2, 0) is 14.8 Å². The number of piperidine rings is 1. The molecule has 2 N–H and O–H groups in total. The molecule has 1 saturated heterocycles. The quantitative estimate of drug-likeness (QED) is 0.717. The van der Waals surface area contributed by atoms with Crippen molar-refractivity contribution in [3.63, 3.8) is 0 Å². The summed E-state index contributed by atoms with van der Waals surface area (Å²) in [6.07, 6.45) is 1.88. The molecule has 1 fully saturated rings. The maximum Gasteiger partial charge on any atom is 0.251 e. The topological polar surface area (TPSA) is 95.6 Å². The van der Waals surface area contributed by atoms with Crippen LogP contribution in [-0.4, -0.2) is 44.2 Å². The molecule has 7 nitrogen and oxygen atoms in total. The van der Waals surface area contributed by atoms with E-state index < -0.39 is 15.9 Å². The fraction of sp³-hybridized carbons (Fsp3) is 0.391. The predicted octanol–water partition coefficient (Wildman–Crippen LogP) is 3.09. The molecule has 0 aromatic heterocycles. The van der Waals surface area contributed by atoms with Crippen molar-refractivity contribution in [2.24, 2.45) is 5.92 Å². The SMILES string of the molecule is Cc1cccc(C)c1NC(=O)CNC(=O)c1ccc(S(=O)(=O)N2CCCC(C)C2)cc1. The Kier molecular flexibility index (Phi) is 7.12. The number of carbonyl (C=O) groups is 2. The van der Waals surface area contributed by atoms with E-state index in [0.29, 0.717) is 24.6 Å². The van der Waals surface area contributed by atoms with E-state index in [9.17, 15) is 18.0 Å². The number of sulfonamides is 1. The van der Waals surface area contributed by atoms with E-state index in [1.165, 1.54) is 28.6 Å². The van der Waals surface area contributed by atoms with Crippen molar-refractivity contribution < 1.29 is 18.0 Å². The van der Waals surface area contributed by atoms with E-state index in [-0.39, 0.29) is 17.3 Å². The monoisotopic (exact) mass is 443 g/mol. The van der Waals surface area contributed by atoms with Crippen molar-refractivity contribution in [3.8, 4) is 0 Å². The number of rotatable bonds is 6. The zero-order chi connectivity index (χ0) is 22.6. The van der Waals surface area contributed by atoms with Crippen LogP contribution < -0.4 is 10.6 Å². The normalized spacial score (nSPS) is 17.2. The van der Waals surface area contributed by atoms with Gasteiger partial charge in [0.05, 0.1) is 11.4 Å². The summed E-state index contributed by atoms with van der Waals surface area (Å²) in [5.41, 5.74) is 2.92. The summed E-state index contributed by atoms with van der Waals surface area (Å²) in [5.74, 6) is -0.431. The van der Waals surface area contributed by atoms with E-state index in [1.807, 2.05) is 39.0 Å². The minimum absolute atomic E-state index is 0.172. The highest BCUT2D eigenvalue weighted by molar-refractivity contribution is 7.89. The summed E-state index contributed by atoms with van der Waals surface area (Å²) in [6.45, 7) is 6.71. The number of aryl methyl sites for hydroxylation is 2. The van der Waals surface area contributed by atoms with E-state index in [0.717, 1.165) is 29.7 Å². The lowest BCUT2D eigenvalue weighted by Crippen LogP contribution is -2.39. The second-order valence-corrected chi connectivity index (χ2v) is 10.1. The van der Waals surface area contributed by atoms with Crippen molar-refractivity contribution in [2.75, 3.05) is 25.0 Å². The highest BCUT2D eigenvalue weighted by Crippen LogP contribution is 2.23. The minimum atomic E-state index is -3.57. The molecule has 1 atom stereocenters. The van der Waals surface area contributed by atoms with E-state index in [4.69, 9.17) is 0 Å². The summed E-state index contributed by atoms with van der Waals surface area (Å²) in [6, 6.07) is 11.6. The Balaban J connectivity index is 1.59. The van der Waals surface area contributed by atoms with Crippen LogP contribution >= 0.6 is 0 Å². The molecule has 1 aliphatic heterocycles. The minimum Gasteiger partial charge on any atom is -0.343 e. The van der Waals surface area contributed by atoms with Crippen molar-refractivity contribution in [2.45, 2.75) is 38.5 Å². The number of amides is 2. The van der Waals surface area contributed by atoms with E-state index in [1.54, 1.807) is 0 Å². The van der Waals surface area contributed by atoms with Crippen molar-refractivity contribution in [1.82, 2.24) is 9.62 Å². The molecule has 0 aliphatic carbocycles. The van der Waals surface area contributed by atoms with Gasteiger partial charge in [0, 0.05) is 24.3 Å². The number of hydrogen-bond acceptors (Lipinski definition) is 4. The maximum absolute atomic E-state index is 12.8. The fourth-order valence-corrected chi connectivity index (χ4v) is 5.35. The molecular formula is C23H29N3O4S. The van der Waals surface area contributed by atoms with E-state index >= 15 is 0 Å². The third kappa shape index (κ3) is 5.51. The molecule has 0 spiro atoms. The van der Waals surface area contributed by atoms with Gasteiger partial charge in [-0.3, -0.25) is 9.59 Å². The van der Waals surface area contributed by atoms with Crippen LogP contribution in [0, 0.1) is 19.8 Å². The molecule has 2 aromatic rings. The molecule has 31 heavy (non-hydrogen) atoms. The van der Waals surface area contributed by atoms with Crippen LogP contribution in [0.15, 0.2) is 47.4 Å². The van der Waals surface area contributed by atoms with Crippen LogP contribution in [0.25, 0.3) is 0 Å². The molecule has 2 amide bonds. The fourth-order valence-electron chi connectivity index (χ4n) is 3.75. The third-order valence-corrected chi connectivity index (χ3v) is 7.41. The van der Waals surface area contributed by atoms with Gasteiger partial charge in [-0.15, -0.1) is 0 Å². The van der Waals surface area contributed by atoms with Gasteiger partial charge >= 0.3 is 0 Å². The lowest BCUT2D eigenvalue weighted by atomic mass is 10.0. The first-order valence-corrected chi connectivity index (χ1v) is 11.9. The summed E-state index contributed by atoms with van der Waals surface area (Å²) < 4.78 is 27.2. The second-order valence-electron chi connectivity index (χ2n) is 8.13. The molecular weight excluding hydrogens is 414 g/mol. The Morgan fingerprint density at radius 1 is 1.06 bits per heavy atom. The number of carbonyl (C=O) groups excluding carboxylic acids is 2. The zero-order valence-electron chi connectivity index (χ0n) is 18.1. The van der Waals surface area contributed by atoms with Gasteiger partial charge in [-0.25, -0.2) is 8.42 Å². The van der Waals surface area contributed by atoms with Gasteiger partial charge in [-0.05, 0) is 68.0 Å². The molecule has 0 bridgehead atoms. The maximum atomic E-state index is 12.8. The number of nitrogens with one attached hydrogen (secondary N) is 2. The lowest BCUT2D eigenvalue weighted by molar-refractivity contribution is -0.115.